The lowest BCUT2D eigenvalue weighted by atomic mass is 9.85. The Balaban J connectivity index is 2.15. The SMILES string of the molecule is CCCC(C(C)=O)N(CC)C(=O)C1CCCN1C(=O)C(NC(=O)CNC(=O)c1cnccn1)C(C)(C)C. The van der Waals surface area contributed by atoms with E-state index in [0.29, 0.717) is 32.4 Å². The molecule has 2 heterocycles. The van der Waals surface area contributed by atoms with Crippen molar-refractivity contribution >= 4 is 29.4 Å². The zero-order valence-corrected chi connectivity index (χ0v) is 22.7. The predicted octanol–water partition coefficient (Wildman–Crippen LogP) is 1.33. The fraction of sp³-hybridized carbons (Fsp3) is 0.654. The van der Waals surface area contributed by atoms with Gasteiger partial charge in [0.15, 0.2) is 5.78 Å². The number of likely N-dealkylation sites (N-methyl/N-ethyl adjacent to an activating group) is 1. The van der Waals surface area contributed by atoms with E-state index in [-0.39, 0.29) is 29.8 Å². The van der Waals surface area contributed by atoms with E-state index in [2.05, 4.69) is 20.6 Å². The van der Waals surface area contributed by atoms with Crippen molar-refractivity contribution < 1.29 is 24.0 Å². The molecule has 0 bridgehead atoms. The summed E-state index contributed by atoms with van der Waals surface area (Å²) in [7, 11) is 0. The summed E-state index contributed by atoms with van der Waals surface area (Å²) in [5, 5.41) is 5.22. The molecule has 2 rings (SSSR count). The highest BCUT2D eigenvalue weighted by Crippen LogP contribution is 2.27. The summed E-state index contributed by atoms with van der Waals surface area (Å²) < 4.78 is 0. The second kappa shape index (κ2) is 13.3. The Bertz CT molecular complexity index is 977. The van der Waals surface area contributed by atoms with Crippen LogP contribution in [0.15, 0.2) is 18.6 Å². The molecule has 3 unspecified atom stereocenters. The Morgan fingerprint density at radius 1 is 1.16 bits per heavy atom. The lowest BCUT2D eigenvalue weighted by molar-refractivity contribution is -0.149. The van der Waals surface area contributed by atoms with Crippen LogP contribution >= 0.6 is 0 Å². The minimum absolute atomic E-state index is 0.0729. The van der Waals surface area contributed by atoms with Gasteiger partial charge in [0.25, 0.3) is 5.91 Å². The molecule has 204 valence electrons. The Kier molecular flexibility index (Phi) is 10.7. The molecule has 3 atom stereocenters. The summed E-state index contributed by atoms with van der Waals surface area (Å²) in [4.78, 5) is 75.3. The van der Waals surface area contributed by atoms with Crippen LogP contribution in [0.4, 0.5) is 0 Å². The summed E-state index contributed by atoms with van der Waals surface area (Å²) >= 11 is 0. The minimum Gasteiger partial charge on any atom is -0.342 e. The van der Waals surface area contributed by atoms with Gasteiger partial charge in [-0.05, 0) is 38.5 Å². The van der Waals surface area contributed by atoms with E-state index < -0.39 is 35.4 Å². The van der Waals surface area contributed by atoms with Crippen molar-refractivity contribution in [2.45, 2.75) is 85.4 Å². The summed E-state index contributed by atoms with van der Waals surface area (Å²) in [6.07, 6.45) is 6.56. The number of likely N-dealkylation sites (tertiary alicyclic amines) is 1. The van der Waals surface area contributed by atoms with Gasteiger partial charge in [0.1, 0.15) is 17.8 Å². The number of carbonyl (C=O) groups is 5. The Morgan fingerprint density at radius 3 is 2.41 bits per heavy atom. The van der Waals surface area contributed by atoms with Gasteiger partial charge < -0.3 is 20.4 Å². The number of nitrogens with zero attached hydrogens (tertiary/aromatic N) is 4. The molecule has 37 heavy (non-hydrogen) atoms. The van der Waals surface area contributed by atoms with Crippen LogP contribution in [-0.2, 0) is 19.2 Å². The van der Waals surface area contributed by atoms with Crippen LogP contribution in [0, 0.1) is 5.41 Å². The van der Waals surface area contributed by atoms with Gasteiger partial charge in [-0.1, -0.05) is 34.1 Å². The highest BCUT2D eigenvalue weighted by Gasteiger charge is 2.43. The van der Waals surface area contributed by atoms with Crippen molar-refractivity contribution in [1.29, 1.82) is 0 Å². The highest BCUT2D eigenvalue weighted by molar-refractivity contribution is 5.97. The lowest BCUT2D eigenvalue weighted by Crippen LogP contribution is -2.59. The van der Waals surface area contributed by atoms with Crippen LogP contribution in [0.2, 0.25) is 0 Å². The van der Waals surface area contributed by atoms with Gasteiger partial charge in [0, 0.05) is 25.5 Å². The maximum atomic E-state index is 13.7. The first-order chi connectivity index (χ1) is 17.4. The zero-order chi connectivity index (χ0) is 27.8. The average Bonchev–Trinajstić information content (AvgIpc) is 3.35. The van der Waals surface area contributed by atoms with Gasteiger partial charge in [0.2, 0.25) is 17.7 Å². The first kappa shape index (κ1) is 29.9. The molecular weight excluding hydrogens is 476 g/mol. The maximum Gasteiger partial charge on any atom is 0.271 e. The molecule has 0 aliphatic carbocycles. The Morgan fingerprint density at radius 2 is 1.86 bits per heavy atom. The summed E-state index contributed by atoms with van der Waals surface area (Å²) in [5.41, 5.74) is -0.587. The van der Waals surface area contributed by atoms with E-state index in [9.17, 15) is 24.0 Å². The molecule has 0 radical (unpaired) electrons. The highest BCUT2D eigenvalue weighted by atomic mass is 16.2. The van der Waals surface area contributed by atoms with Crippen molar-refractivity contribution in [3.63, 3.8) is 0 Å². The van der Waals surface area contributed by atoms with Crippen LogP contribution < -0.4 is 10.6 Å². The standard InChI is InChI=1S/C26H40N6O5/c1-7-10-19(17(3)33)31(8-2)24(36)20-11-9-14-32(20)25(37)22(26(4,5)6)30-21(34)16-29-23(35)18-15-27-12-13-28-18/h12-13,15,19-20,22H,7-11,14,16H2,1-6H3,(H,29,35)(H,30,34). The second-order valence-corrected chi connectivity index (χ2v) is 10.4. The molecular formula is C26H40N6O5. The smallest absolute Gasteiger partial charge is 0.271 e. The van der Waals surface area contributed by atoms with Crippen LogP contribution in [0.5, 0.6) is 0 Å². The number of Topliss-reactive ketones (excluding diaryl/α,β-unsaturated/α-hetero) is 1. The number of ketones is 1. The molecule has 1 fully saturated rings. The molecule has 1 aliphatic rings. The fourth-order valence-electron chi connectivity index (χ4n) is 4.55. The Hall–Kier alpha value is -3.37. The molecule has 11 nitrogen and oxygen atoms in total. The van der Waals surface area contributed by atoms with E-state index in [1.807, 2.05) is 34.6 Å². The lowest BCUT2D eigenvalue weighted by Gasteiger charge is -2.38. The molecule has 0 aromatic carbocycles. The van der Waals surface area contributed by atoms with Crippen molar-refractivity contribution in [1.82, 2.24) is 30.4 Å². The number of nitrogens with one attached hydrogen (secondary N) is 2. The molecule has 0 spiro atoms. The number of rotatable bonds is 11. The summed E-state index contributed by atoms with van der Waals surface area (Å²) in [6.45, 7) is 11.2. The molecule has 1 aromatic rings. The molecule has 4 amide bonds. The summed E-state index contributed by atoms with van der Waals surface area (Å²) in [6, 6.07) is -2.13. The van der Waals surface area contributed by atoms with Gasteiger partial charge >= 0.3 is 0 Å². The minimum atomic E-state index is -0.920. The van der Waals surface area contributed by atoms with Gasteiger partial charge in [-0.15, -0.1) is 0 Å². The first-order valence-corrected chi connectivity index (χ1v) is 12.9. The van der Waals surface area contributed by atoms with Gasteiger partial charge in [-0.3, -0.25) is 29.0 Å². The number of amides is 4. The third-order valence-corrected chi connectivity index (χ3v) is 6.48. The van der Waals surface area contributed by atoms with E-state index in [0.717, 1.165) is 6.42 Å². The van der Waals surface area contributed by atoms with Crippen LogP contribution in [0.3, 0.4) is 0 Å². The largest absolute Gasteiger partial charge is 0.342 e. The average molecular weight is 517 g/mol. The van der Waals surface area contributed by atoms with Crippen molar-refractivity contribution in [2.24, 2.45) is 5.41 Å². The zero-order valence-electron chi connectivity index (χ0n) is 22.7. The number of carbonyl (C=O) groups excluding carboxylic acids is 5. The molecule has 0 saturated carbocycles. The van der Waals surface area contributed by atoms with Crippen LogP contribution in [0.1, 0.15) is 77.7 Å². The normalized spacial score (nSPS) is 17.0. The topological polar surface area (TPSA) is 142 Å². The van der Waals surface area contributed by atoms with E-state index in [1.165, 1.54) is 30.4 Å². The first-order valence-electron chi connectivity index (χ1n) is 12.9. The summed E-state index contributed by atoms with van der Waals surface area (Å²) in [5.74, 6) is -1.77. The Labute approximate surface area is 218 Å². The van der Waals surface area contributed by atoms with E-state index in [1.54, 1.807) is 4.90 Å². The molecule has 2 N–H and O–H groups in total. The fourth-order valence-corrected chi connectivity index (χ4v) is 4.55. The number of aromatic nitrogens is 2. The van der Waals surface area contributed by atoms with Crippen LogP contribution in [-0.4, -0.2) is 86.9 Å². The van der Waals surface area contributed by atoms with E-state index >= 15 is 0 Å². The number of hydrogen-bond acceptors (Lipinski definition) is 7. The van der Waals surface area contributed by atoms with Crippen LogP contribution in [0.25, 0.3) is 0 Å². The number of hydrogen-bond donors (Lipinski definition) is 2. The monoisotopic (exact) mass is 516 g/mol. The predicted molar refractivity (Wildman–Crippen MR) is 137 cm³/mol. The van der Waals surface area contributed by atoms with Crippen molar-refractivity contribution in [3.05, 3.63) is 24.3 Å². The van der Waals surface area contributed by atoms with Gasteiger partial charge in [-0.25, -0.2) is 4.98 Å². The maximum absolute atomic E-state index is 13.7. The molecule has 11 heteroatoms. The molecule has 1 aromatic heterocycles. The molecule has 1 saturated heterocycles. The quantitative estimate of drug-likeness (QED) is 0.452. The van der Waals surface area contributed by atoms with E-state index in [4.69, 9.17) is 0 Å². The van der Waals surface area contributed by atoms with Gasteiger partial charge in [-0.2, -0.15) is 0 Å². The van der Waals surface area contributed by atoms with Crippen molar-refractivity contribution in [2.75, 3.05) is 19.6 Å². The molecule has 1 aliphatic heterocycles. The second-order valence-electron chi connectivity index (χ2n) is 10.4. The van der Waals surface area contributed by atoms with Gasteiger partial charge in [0.05, 0.1) is 18.8 Å². The van der Waals surface area contributed by atoms with Crippen molar-refractivity contribution in [3.8, 4) is 0 Å². The third kappa shape index (κ3) is 7.80. The third-order valence-electron chi connectivity index (χ3n) is 6.48.